The quantitative estimate of drug-likeness (QED) is 0.294. The summed E-state index contributed by atoms with van der Waals surface area (Å²) in [4.78, 5) is 26.0. The van der Waals surface area contributed by atoms with E-state index in [2.05, 4.69) is 14.9 Å². The number of carbonyl (C=O) groups excluding carboxylic acids is 1. The van der Waals surface area contributed by atoms with E-state index in [0.717, 1.165) is 63.4 Å². The summed E-state index contributed by atoms with van der Waals surface area (Å²) in [6, 6.07) is 22.4. The van der Waals surface area contributed by atoms with E-state index in [0.29, 0.717) is 19.6 Å². The van der Waals surface area contributed by atoms with Gasteiger partial charge in [-0.15, -0.1) is 0 Å². The Bertz CT molecular complexity index is 1670. The lowest BCUT2D eigenvalue weighted by Crippen LogP contribution is -2.23. The summed E-state index contributed by atoms with van der Waals surface area (Å²) in [7, 11) is 0. The fraction of sp³-hybridized carbons (Fsp3) is 0.226. The molecule has 1 aliphatic carbocycles. The number of ketones is 1. The molecule has 0 unspecified atom stereocenters. The van der Waals surface area contributed by atoms with Crippen LogP contribution in [0.2, 0.25) is 0 Å². The van der Waals surface area contributed by atoms with Crippen molar-refractivity contribution in [2.24, 2.45) is 4.99 Å². The molecule has 3 aromatic rings. The Kier molecular flexibility index (Phi) is 6.85. The molecule has 2 aromatic carbocycles. The smallest absolute Gasteiger partial charge is 0.135 e. The zero-order chi connectivity index (χ0) is 26.8. The lowest BCUT2D eigenvalue weighted by atomic mass is 10.1. The molecule has 0 amide bonds. The van der Waals surface area contributed by atoms with Gasteiger partial charge in [0.25, 0.3) is 0 Å². The van der Waals surface area contributed by atoms with E-state index >= 15 is 0 Å². The standard InChI is InChI=1S/C31H28FN5O2/c1-20(38)16-23-8-9-24(19-33-23)35-27-17-29-31(18-28(27)34-22-12-14-39-15-13-22)37(25-10-6-21(32)7-11-25)30-5-3-2-4-26(30)36-29/h2-11,17-19,22,35H,12-16H2,1H3. The van der Waals surface area contributed by atoms with Crippen LogP contribution in [-0.2, 0) is 16.0 Å². The fourth-order valence-electron chi connectivity index (χ4n) is 4.94. The van der Waals surface area contributed by atoms with Gasteiger partial charge in [0.05, 0.1) is 51.4 Å². The van der Waals surface area contributed by atoms with Crippen LogP contribution in [0.5, 0.6) is 0 Å². The van der Waals surface area contributed by atoms with Crippen LogP contribution in [0.1, 0.15) is 25.5 Å². The highest BCUT2D eigenvalue weighted by molar-refractivity contribution is 5.84. The van der Waals surface area contributed by atoms with Crippen molar-refractivity contribution in [3.63, 3.8) is 0 Å². The number of Topliss-reactive ketones (excluding diaryl/α,β-unsaturated/α-hetero) is 1. The second-order valence-corrected chi connectivity index (χ2v) is 9.79. The lowest BCUT2D eigenvalue weighted by molar-refractivity contribution is -0.116. The van der Waals surface area contributed by atoms with Crippen LogP contribution in [0.3, 0.4) is 0 Å². The molecule has 0 atom stereocenters. The Balaban J connectivity index is 1.54. The minimum absolute atomic E-state index is 0.0723. The first-order chi connectivity index (χ1) is 19.0. The number of nitrogens with zero attached hydrogens (tertiary/aromatic N) is 4. The van der Waals surface area contributed by atoms with Gasteiger partial charge >= 0.3 is 0 Å². The minimum atomic E-state index is -0.286. The monoisotopic (exact) mass is 521 g/mol. The van der Waals surface area contributed by atoms with Crippen molar-refractivity contribution in [2.45, 2.75) is 32.2 Å². The third-order valence-corrected chi connectivity index (χ3v) is 6.83. The molecule has 3 aliphatic rings. The number of benzene rings is 3. The first-order valence-corrected chi connectivity index (χ1v) is 13.1. The number of pyridine rings is 1. The maximum atomic E-state index is 13.8. The maximum Gasteiger partial charge on any atom is 0.135 e. The van der Waals surface area contributed by atoms with Crippen molar-refractivity contribution in [2.75, 3.05) is 18.5 Å². The minimum Gasteiger partial charge on any atom is -0.381 e. The molecule has 1 N–H and O–H groups in total. The van der Waals surface area contributed by atoms with Crippen LogP contribution in [0.4, 0.5) is 15.8 Å². The summed E-state index contributed by atoms with van der Waals surface area (Å²) in [6.07, 6.45) is 3.74. The molecule has 0 saturated carbocycles. The van der Waals surface area contributed by atoms with Gasteiger partial charge in [-0.3, -0.25) is 14.8 Å². The first-order valence-electron chi connectivity index (χ1n) is 13.1. The van der Waals surface area contributed by atoms with Crippen LogP contribution in [0.15, 0.2) is 84.0 Å². The second-order valence-electron chi connectivity index (χ2n) is 9.79. The van der Waals surface area contributed by atoms with E-state index in [-0.39, 0.29) is 17.6 Å². The molecule has 0 bridgehead atoms. The van der Waals surface area contributed by atoms with E-state index < -0.39 is 0 Å². The molecule has 6 rings (SSSR count). The summed E-state index contributed by atoms with van der Waals surface area (Å²) < 4.78 is 21.5. The number of para-hydroxylation sites is 2. The summed E-state index contributed by atoms with van der Waals surface area (Å²) in [6.45, 7) is 2.93. The van der Waals surface area contributed by atoms with Crippen LogP contribution >= 0.6 is 0 Å². The second kappa shape index (κ2) is 10.7. The summed E-state index contributed by atoms with van der Waals surface area (Å²) >= 11 is 0. The van der Waals surface area contributed by atoms with Crippen LogP contribution in [0.25, 0.3) is 28.1 Å². The molecular formula is C31H28FN5O2. The van der Waals surface area contributed by atoms with Gasteiger partial charge in [0.2, 0.25) is 0 Å². The molecule has 0 radical (unpaired) electrons. The number of nitrogens with one attached hydrogen (secondary N) is 1. The molecule has 1 fully saturated rings. The topological polar surface area (TPSA) is 81.4 Å². The highest BCUT2D eigenvalue weighted by Crippen LogP contribution is 2.30. The van der Waals surface area contributed by atoms with E-state index in [4.69, 9.17) is 14.7 Å². The third kappa shape index (κ3) is 5.42. The van der Waals surface area contributed by atoms with Gasteiger partial charge in [0.15, 0.2) is 0 Å². The largest absolute Gasteiger partial charge is 0.381 e. The van der Waals surface area contributed by atoms with Crippen LogP contribution in [-0.4, -0.2) is 39.6 Å². The summed E-state index contributed by atoms with van der Waals surface area (Å²) in [5.41, 5.74) is 6.54. The average molecular weight is 522 g/mol. The third-order valence-electron chi connectivity index (χ3n) is 6.83. The average Bonchev–Trinajstić information content (AvgIpc) is 2.94. The number of fused-ring (bicyclic) bond motifs is 2. The van der Waals surface area contributed by atoms with Crippen molar-refractivity contribution in [3.8, 4) is 17.1 Å². The number of hydrogen-bond donors (Lipinski definition) is 1. The molecular weight excluding hydrogens is 493 g/mol. The van der Waals surface area contributed by atoms with Gasteiger partial charge in [0.1, 0.15) is 11.6 Å². The Morgan fingerprint density at radius 2 is 1.87 bits per heavy atom. The Morgan fingerprint density at radius 1 is 1.08 bits per heavy atom. The van der Waals surface area contributed by atoms with Crippen molar-refractivity contribution in [1.82, 2.24) is 14.5 Å². The molecule has 0 spiro atoms. The lowest BCUT2D eigenvalue weighted by Gasteiger charge is -2.22. The van der Waals surface area contributed by atoms with Crippen molar-refractivity contribution < 1.29 is 13.9 Å². The van der Waals surface area contributed by atoms with E-state index in [1.54, 1.807) is 25.3 Å². The molecule has 3 heterocycles. The molecule has 2 aliphatic heterocycles. The first kappa shape index (κ1) is 24.9. The molecule has 39 heavy (non-hydrogen) atoms. The molecule has 1 aromatic heterocycles. The summed E-state index contributed by atoms with van der Waals surface area (Å²) in [5.74, 6) is -0.213. The van der Waals surface area contributed by atoms with Gasteiger partial charge in [-0.05, 0) is 80.4 Å². The predicted octanol–water partition coefficient (Wildman–Crippen LogP) is 5.62. The van der Waals surface area contributed by atoms with Gasteiger partial charge in [-0.25, -0.2) is 9.37 Å². The predicted molar refractivity (Wildman–Crippen MR) is 149 cm³/mol. The number of hydrogen-bond acceptors (Lipinski definition) is 6. The summed E-state index contributed by atoms with van der Waals surface area (Å²) in [5, 5.41) is 4.28. The number of rotatable bonds is 6. The van der Waals surface area contributed by atoms with Crippen LogP contribution in [0, 0.1) is 5.82 Å². The van der Waals surface area contributed by atoms with Gasteiger partial charge in [-0.1, -0.05) is 12.1 Å². The molecule has 7 nitrogen and oxygen atoms in total. The van der Waals surface area contributed by atoms with Crippen molar-refractivity contribution >= 4 is 28.2 Å². The Labute approximate surface area is 225 Å². The number of halogens is 1. The highest BCUT2D eigenvalue weighted by Gasteiger charge is 2.18. The maximum absolute atomic E-state index is 13.8. The van der Waals surface area contributed by atoms with Gasteiger partial charge in [0, 0.05) is 31.0 Å². The van der Waals surface area contributed by atoms with Crippen molar-refractivity contribution in [3.05, 3.63) is 95.9 Å². The van der Waals surface area contributed by atoms with Gasteiger partial charge < -0.3 is 14.6 Å². The van der Waals surface area contributed by atoms with Crippen LogP contribution < -0.4 is 10.7 Å². The zero-order valence-corrected chi connectivity index (χ0v) is 21.6. The zero-order valence-electron chi connectivity index (χ0n) is 21.6. The van der Waals surface area contributed by atoms with E-state index in [1.165, 1.54) is 12.1 Å². The van der Waals surface area contributed by atoms with E-state index in [1.807, 2.05) is 48.5 Å². The highest BCUT2D eigenvalue weighted by atomic mass is 19.1. The SMILES string of the molecule is CC(=O)Cc1ccc(Nc2cc3nc4ccccc4n(-c4ccc(F)cc4)c-3cc2=NC2CCOCC2)cn1. The van der Waals surface area contributed by atoms with Gasteiger partial charge in [-0.2, -0.15) is 0 Å². The normalized spacial score (nSPS) is 14.7. The fourth-order valence-corrected chi connectivity index (χ4v) is 4.94. The Morgan fingerprint density at radius 3 is 2.62 bits per heavy atom. The molecule has 1 saturated heterocycles. The number of anilines is 2. The number of ether oxygens (including phenoxy) is 1. The Hall–Kier alpha value is -4.43. The van der Waals surface area contributed by atoms with E-state index in [9.17, 15) is 9.18 Å². The molecule has 8 heteroatoms. The van der Waals surface area contributed by atoms with Crippen molar-refractivity contribution in [1.29, 1.82) is 0 Å². The number of carbonyl (C=O) groups is 1. The number of aromatic nitrogens is 3. The molecule has 196 valence electrons.